The van der Waals surface area contributed by atoms with Crippen molar-refractivity contribution in [2.75, 3.05) is 19.6 Å². The Morgan fingerprint density at radius 3 is 2.55 bits per heavy atom. The second kappa shape index (κ2) is 8.95. The van der Waals surface area contributed by atoms with Crippen molar-refractivity contribution in [3.63, 3.8) is 0 Å². The first kappa shape index (κ1) is 17.0. The summed E-state index contributed by atoms with van der Waals surface area (Å²) in [5, 5.41) is 5.63. The highest BCUT2D eigenvalue weighted by molar-refractivity contribution is 5.90. The minimum atomic E-state index is -0.319. The maximum absolute atomic E-state index is 11.9. The largest absolute Gasteiger partial charge is 0.354 e. The quantitative estimate of drug-likeness (QED) is 0.670. The van der Waals surface area contributed by atoms with Gasteiger partial charge in [-0.05, 0) is 45.7 Å². The molecule has 0 aromatic heterocycles. The van der Waals surface area contributed by atoms with Gasteiger partial charge in [-0.2, -0.15) is 0 Å². The molecule has 0 bridgehead atoms. The Hall–Kier alpha value is -1.10. The van der Waals surface area contributed by atoms with E-state index in [4.69, 9.17) is 0 Å². The Morgan fingerprint density at radius 2 is 2.05 bits per heavy atom. The molecular weight excluding hydrogens is 254 g/mol. The van der Waals surface area contributed by atoms with E-state index in [-0.39, 0.29) is 17.9 Å². The number of carbonyl (C=O) groups excluding carboxylic acids is 2. The number of rotatable bonds is 9. The number of hydrogen-bond acceptors (Lipinski definition) is 3. The molecule has 2 atom stereocenters. The van der Waals surface area contributed by atoms with Gasteiger partial charge in [-0.25, -0.2) is 0 Å². The maximum atomic E-state index is 11.9. The lowest BCUT2D eigenvalue weighted by atomic mass is 10.1. The van der Waals surface area contributed by atoms with E-state index in [1.165, 1.54) is 0 Å². The number of hydrogen-bond donors (Lipinski definition) is 2. The van der Waals surface area contributed by atoms with Crippen molar-refractivity contribution >= 4 is 11.8 Å². The summed E-state index contributed by atoms with van der Waals surface area (Å²) in [6.45, 7) is 9.51. The first-order valence-electron chi connectivity index (χ1n) is 7.89. The molecule has 5 nitrogen and oxygen atoms in total. The fourth-order valence-corrected chi connectivity index (χ4v) is 2.65. The molecule has 1 fully saturated rings. The molecular formula is C15H29N3O2. The molecule has 2 amide bonds. The van der Waals surface area contributed by atoms with Crippen molar-refractivity contribution in [2.24, 2.45) is 0 Å². The van der Waals surface area contributed by atoms with Crippen LogP contribution in [0.25, 0.3) is 0 Å². The molecule has 1 aliphatic heterocycles. The zero-order valence-electron chi connectivity index (χ0n) is 13.1. The molecule has 0 aromatic rings. The molecule has 1 rings (SSSR count). The van der Waals surface area contributed by atoms with Crippen molar-refractivity contribution in [3.05, 3.63) is 0 Å². The summed E-state index contributed by atoms with van der Waals surface area (Å²) in [5.74, 6) is -0.0591. The summed E-state index contributed by atoms with van der Waals surface area (Å²) in [6.07, 6.45) is 4.36. The SMILES string of the molecule is CCCN(CCC)C(C)CCNC(=O)C1CCC(=O)N1. The van der Waals surface area contributed by atoms with Gasteiger partial charge in [-0.3, -0.25) is 9.59 Å². The Kier molecular flexibility index (Phi) is 7.59. The summed E-state index contributed by atoms with van der Waals surface area (Å²) in [5.41, 5.74) is 0. The van der Waals surface area contributed by atoms with Crippen molar-refractivity contribution in [2.45, 2.75) is 65.0 Å². The lowest BCUT2D eigenvalue weighted by molar-refractivity contribution is -0.125. The predicted octanol–water partition coefficient (Wildman–Crippen LogP) is 1.28. The summed E-state index contributed by atoms with van der Waals surface area (Å²) in [6, 6.07) is 0.161. The van der Waals surface area contributed by atoms with Gasteiger partial charge in [-0.1, -0.05) is 13.8 Å². The van der Waals surface area contributed by atoms with Crippen LogP contribution in [0.15, 0.2) is 0 Å². The third kappa shape index (κ3) is 5.49. The van der Waals surface area contributed by atoms with E-state index in [0.29, 0.717) is 25.4 Å². The lowest BCUT2D eigenvalue weighted by Gasteiger charge is -2.28. The molecule has 2 N–H and O–H groups in total. The van der Waals surface area contributed by atoms with Crippen LogP contribution in [0, 0.1) is 0 Å². The molecule has 0 radical (unpaired) electrons. The fourth-order valence-electron chi connectivity index (χ4n) is 2.65. The normalized spacial score (nSPS) is 20.0. The molecule has 20 heavy (non-hydrogen) atoms. The minimum Gasteiger partial charge on any atom is -0.354 e. The summed E-state index contributed by atoms with van der Waals surface area (Å²) >= 11 is 0. The van der Waals surface area contributed by atoms with Gasteiger partial charge >= 0.3 is 0 Å². The van der Waals surface area contributed by atoms with Crippen LogP contribution in [-0.2, 0) is 9.59 Å². The Bertz CT molecular complexity index is 314. The number of nitrogens with one attached hydrogen (secondary N) is 2. The highest BCUT2D eigenvalue weighted by atomic mass is 16.2. The van der Waals surface area contributed by atoms with E-state index in [0.717, 1.165) is 32.4 Å². The second-order valence-electron chi connectivity index (χ2n) is 5.62. The van der Waals surface area contributed by atoms with Crippen molar-refractivity contribution in [1.82, 2.24) is 15.5 Å². The third-order valence-corrected chi connectivity index (χ3v) is 3.82. The summed E-state index contributed by atoms with van der Waals surface area (Å²) in [7, 11) is 0. The highest BCUT2D eigenvalue weighted by Crippen LogP contribution is 2.08. The van der Waals surface area contributed by atoms with Gasteiger partial charge in [0, 0.05) is 19.0 Å². The van der Waals surface area contributed by atoms with Crippen LogP contribution in [-0.4, -0.2) is 48.4 Å². The molecule has 1 heterocycles. The maximum Gasteiger partial charge on any atom is 0.242 e. The topological polar surface area (TPSA) is 61.4 Å². The molecule has 0 aromatic carbocycles. The average molecular weight is 283 g/mol. The minimum absolute atomic E-state index is 0.0180. The zero-order chi connectivity index (χ0) is 15.0. The standard InChI is InChI=1S/C15H29N3O2/c1-4-10-18(11-5-2)12(3)8-9-16-15(20)13-6-7-14(19)17-13/h12-13H,4-11H2,1-3H3,(H,16,20)(H,17,19). The summed E-state index contributed by atoms with van der Waals surface area (Å²) in [4.78, 5) is 25.4. The summed E-state index contributed by atoms with van der Waals surface area (Å²) < 4.78 is 0. The Morgan fingerprint density at radius 1 is 1.40 bits per heavy atom. The number of amides is 2. The smallest absolute Gasteiger partial charge is 0.242 e. The molecule has 1 saturated heterocycles. The molecule has 0 spiro atoms. The van der Waals surface area contributed by atoms with Crippen LogP contribution in [0.5, 0.6) is 0 Å². The molecule has 0 aliphatic carbocycles. The number of carbonyl (C=O) groups is 2. The Balaban J connectivity index is 2.24. The van der Waals surface area contributed by atoms with E-state index in [1.807, 2.05) is 0 Å². The Labute approximate surface area is 122 Å². The first-order valence-corrected chi connectivity index (χ1v) is 7.89. The van der Waals surface area contributed by atoms with Crippen molar-refractivity contribution < 1.29 is 9.59 Å². The van der Waals surface area contributed by atoms with Gasteiger partial charge in [-0.15, -0.1) is 0 Å². The van der Waals surface area contributed by atoms with E-state index < -0.39 is 0 Å². The number of nitrogens with zero attached hydrogens (tertiary/aromatic N) is 1. The molecule has 2 unspecified atom stereocenters. The van der Waals surface area contributed by atoms with Crippen LogP contribution < -0.4 is 10.6 Å². The van der Waals surface area contributed by atoms with Crippen molar-refractivity contribution in [3.8, 4) is 0 Å². The van der Waals surface area contributed by atoms with Crippen LogP contribution in [0.1, 0.15) is 52.9 Å². The molecule has 1 aliphatic rings. The van der Waals surface area contributed by atoms with Crippen LogP contribution in [0.2, 0.25) is 0 Å². The van der Waals surface area contributed by atoms with Crippen LogP contribution >= 0.6 is 0 Å². The zero-order valence-corrected chi connectivity index (χ0v) is 13.1. The molecule has 116 valence electrons. The van der Waals surface area contributed by atoms with Gasteiger partial charge < -0.3 is 15.5 Å². The van der Waals surface area contributed by atoms with E-state index >= 15 is 0 Å². The van der Waals surface area contributed by atoms with Gasteiger partial charge in [0.1, 0.15) is 6.04 Å². The van der Waals surface area contributed by atoms with Gasteiger partial charge in [0.2, 0.25) is 11.8 Å². The first-order chi connectivity index (χ1) is 9.58. The third-order valence-electron chi connectivity index (χ3n) is 3.82. The fraction of sp³-hybridized carbons (Fsp3) is 0.867. The second-order valence-corrected chi connectivity index (χ2v) is 5.62. The van der Waals surface area contributed by atoms with Gasteiger partial charge in [0.25, 0.3) is 0 Å². The lowest BCUT2D eigenvalue weighted by Crippen LogP contribution is -2.43. The van der Waals surface area contributed by atoms with Gasteiger partial charge in [0.15, 0.2) is 0 Å². The van der Waals surface area contributed by atoms with Gasteiger partial charge in [0.05, 0.1) is 0 Å². The van der Waals surface area contributed by atoms with E-state index in [1.54, 1.807) is 0 Å². The monoisotopic (exact) mass is 283 g/mol. The van der Waals surface area contributed by atoms with E-state index in [9.17, 15) is 9.59 Å². The molecule has 0 saturated carbocycles. The van der Waals surface area contributed by atoms with Crippen molar-refractivity contribution in [1.29, 1.82) is 0 Å². The van der Waals surface area contributed by atoms with Crippen LogP contribution in [0.4, 0.5) is 0 Å². The van der Waals surface area contributed by atoms with Crippen LogP contribution in [0.3, 0.4) is 0 Å². The molecule has 5 heteroatoms. The predicted molar refractivity (Wildman–Crippen MR) is 80.4 cm³/mol. The van der Waals surface area contributed by atoms with E-state index in [2.05, 4.69) is 36.3 Å². The average Bonchev–Trinajstić information content (AvgIpc) is 2.85. The highest BCUT2D eigenvalue weighted by Gasteiger charge is 2.26.